The van der Waals surface area contributed by atoms with Crippen LogP contribution in [0.3, 0.4) is 0 Å². The van der Waals surface area contributed by atoms with E-state index in [0.29, 0.717) is 0 Å². The molecule has 0 bridgehead atoms. The Morgan fingerprint density at radius 3 is 1.80 bits per heavy atom. The molecule has 16 nitrogen and oxygen atoms in total. The van der Waals surface area contributed by atoms with Gasteiger partial charge in [-0.3, -0.25) is 28.2 Å². The smallest absolute Gasteiger partial charge is 0.463 e. The zero-order valence-corrected chi connectivity index (χ0v) is 27.2. The van der Waals surface area contributed by atoms with Crippen LogP contribution in [0.1, 0.15) is 34.6 Å². The second-order valence-electron chi connectivity index (χ2n) is 9.44. The highest BCUT2D eigenvalue weighted by molar-refractivity contribution is 9.09. The van der Waals surface area contributed by atoms with Gasteiger partial charge in [-0.05, 0) is 0 Å². The summed E-state index contributed by atoms with van der Waals surface area (Å²) in [6, 6.07) is 0. The van der Waals surface area contributed by atoms with Gasteiger partial charge in [0.2, 0.25) is 12.1 Å². The molecule has 2 heterocycles. The van der Waals surface area contributed by atoms with Crippen LogP contribution in [0.25, 0.3) is 0 Å². The number of carbonyl (C=O) groups excluding carboxylic acids is 5. The summed E-state index contributed by atoms with van der Waals surface area (Å²) >= 11 is 9.17. The van der Waals surface area contributed by atoms with Gasteiger partial charge in [-0.15, -0.1) is 11.6 Å². The third-order valence-electron chi connectivity index (χ3n) is 5.84. The minimum atomic E-state index is -6.38. The minimum absolute atomic E-state index is 0.559. The molecule has 258 valence electrons. The van der Waals surface area contributed by atoms with E-state index in [0.717, 1.165) is 34.6 Å². The van der Waals surface area contributed by atoms with E-state index in [4.69, 9.17) is 49.5 Å². The molecule has 45 heavy (non-hydrogen) atoms. The van der Waals surface area contributed by atoms with Crippen molar-refractivity contribution < 1.29 is 87.6 Å². The van der Waals surface area contributed by atoms with Crippen molar-refractivity contribution in [3.8, 4) is 0 Å². The second kappa shape index (κ2) is 15.5. The minimum Gasteiger partial charge on any atom is -0.463 e. The average Bonchev–Trinajstić information content (AvgIpc) is 3.15. The third kappa shape index (κ3) is 10.1. The molecule has 0 aromatic heterocycles. The number of carbonyl (C=O) groups is 5. The lowest BCUT2D eigenvalue weighted by Crippen LogP contribution is -2.64. The molecule has 0 aliphatic carbocycles. The molecule has 2 aliphatic heterocycles. The van der Waals surface area contributed by atoms with Gasteiger partial charge in [0.1, 0.15) is 25.4 Å². The Labute approximate surface area is 267 Å². The standard InChI is InChI=1S/C23H29BrClF3O16S/c1-9(29)36-7-15-16(24)18(39-11(3)31)19(40-12(4)32)21(42-15)44-22(8-37-45(34,35)23(26,27)28)20(41-13(5)33)17(38-10(2)30)14(6-25)43-22/h14-21H,6-8H2,1-5H3/t14-,15-,16-,17-,18+,19-,20+,21-,22+/m1/s1. The molecule has 2 rings (SSSR count). The van der Waals surface area contributed by atoms with Crippen LogP contribution < -0.4 is 0 Å². The zero-order valence-electron chi connectivity index (χ0n) is 24.1. The summed E-state index contributed by atoms with van der Waals surface area (Å²) in [5, 5.41) is 0. The van der Waals surface area contributed by atoms with E-state index in [-0.39, 0.29) is 0 Å². The van der Waals surface area contributed by atoms with Crippen molar-refractivity contribution in [2.24, 2.45) is 0 Å². The number of rotatable bonds is 12. The molecule has 0 amide bonds. The van der Waals surface area contributed by atoms with Crippen molar-refractivity contribution in [2.45, 2.75) is 93.7 Å². The van der Waals surface area contributed by atoms with Gasteiger partial charge in [-0.2, -0.15) is 21.6 Å². The predicted molar refractivity (Wildman–Crippen MR) is 141 cm³/mol. The summed E-state index contributed by atoms with van der Waals surface area (Å²) in [7, 11) is -6.38. The van der Waals surface area contributed by atoms with E-state index >= 15 is 0 Å². The van der Waals surface area contributed by atoms with Crippen LogP contribution in [0.2, 0.25) is 0 Å². The van der Waals surface area contributed by atoms with Crippen molar-refractivity contribution >= 4 is 67.5 Å². The summed E-state index contributed by atoms with van der Waals surface area (Å²) in [5.74, 6) is -8.45. The maximum absolute atomic E-state index is 13.3. The van der Waals surface area contributed by atoms with Crippen LogP contribution >= 0.6 is 27.5 Å². The molecular weight excluding hydrogens is 737 g/mol. The normalized spacial score (nSPS) is 31.9. The summed E-state index contributed by atoms with van der Waals surface area (Å²) in [6.07, 6.45) is -12.1. The number of hydrogen-bond donors (Lipinski definition) is 0. The molecule has 0 aromatic rings. The first kappa shape index (κ1) is 38.9. The number of alkyl halides is 5. The first-order valence-electron chi connectivity index (χ1n) is 12.6. The molecule has 2 fully saturated rings. The summed E-state index contributed by atoms with van der Waals surface area (Å²) in [4.78, 5) is 58.5. The quantitative estimate of drug-likeness (QED) is 0.0894. The summed E-state index contributed by atoms with van der Waals surface area (Å²) in [5.41, 5.74) is -5.95. The lowest BCUT2D eigenvalue weighted by molar-refractivity contribution is -0.370. The van der Waals surface area contributed by atoms with Crippen LogP contribution in [-0.4, -0.2) is 116 Å². The highest BCUT2D eigenvalue weighted by atomic mass is 79.9. The molecule has 2 saturated heterocycles. The van der Waals surface area contributed by atoms with Crippen LogP contribution in [0.4, 0.5) is 13.2 Å². The van der Waals surface area contributed by atoms with Crippen LogP contribution in [0, 0.1) is 0 Å². The Hall–Kier alpha value is -2.30. The number of esters is 5. The second-order valence-corrected chi connectivity index (χ2v) is 12.4. The van der Waals surface area contributed by atoms with E-state index in [1.165, 1.54) is 0 Å². The van der Waals surface area contributed by atoms with Gasteiger partial charge >= 0.3 is 45.5 Å². The Bertz CT molecular complexity index is 1240. The molecule has 0 unspecified atom stereocenters. The maximum atomic E-state index is 13.3. The Morgan fingerprint density at radius 2 is 1.33 bits per heavy atom. The molecule has 22 heteroatoms. The summed E-state index contributed by atoms with van der Waals surface area (Å²) in [6.45, 7) is 2.43. The van der Waals surface area contributed by atoms with Gasteiger partial charge in [0.05, 0.1) is 10.7 Å². The molecule has 9 atom stereocenters. The molecule has 0 aromatic carbocycles. The third-order valence-corrected chi connectivity index (χ3v) is 8.25. The number of hydrogen-bond acceptors (Lipinski definition) is 16. The lowest BCUT2D eigenvalue weighted by Gasteiger charge is -2.45. The van der Waals surface area contributed by atoms with E-state index in [9.17, 15) is 45.6 Å². The molecule has 0 spiro atoms. The largest absolute Gasteiger partial charge is 0.523 e. The molecule has 0 saturated carbocycles. The van der Waals surface area contributed by atoms with Gasteiger partial charge in [-0.1, -0.05) is 15.9 Å². The van der Waals surface area contributed by atoms with Crippen LogP contribution in [-0.2, 0) is 76.2 Å². The van der Waals surface area contributed by atoms with Gasteiger partial charge in [0, 0.05) is 34.6 Å². The first-order chi connectivity index (χ1) is 20.6. The topological polar surface area (TPSA) is 203 Å². The Kier molecular flexibility index (Phi) is 13.4. The zero-order chi connectivity index (χ0) is 34.5. The summed E-state index contributed by atoms with van der Waals surface area (Å²) < 4.78 is 111. The van der Waals surface area contributed by atoms with Gasteiger partial charge < -0.3 is 37.9 Å². The van der Waals surface area contributed by atoms with E-state index in [1.807, 2.05) is 0 Å². The lowest BCUT2D eigenvalue weighted by atomic mass is 10.0. The van der Waals surface area contributed by atoms with Crippen molar-refractivity contribution in [1.29, 1.82) is 0 Å². The first-order valence-corrected chi connectivity index (χ1v) is 15.5. The van der Waals surface area contributed by atoms with Crippen LogP contribution in [0.15, 0.2) is 0 Å². The van der Waals surface area contributed by atoms with Gasteiger partial charge in [-0.25, -0.2) is 0 Å². The molecule has 0 N–H and O–H groups in total. The SMILES string of the molecule is CC(=O)OC[C@H]1O[C@H](O[C@]2(COS(=O)(=O)C(F)(F)F)O[C@H](CCl)[C@@H](OC(C)=O)[C@@H]2OC(C)=O)[C@H](OC(C)=O)[C@@H](OC(C)=O)[C@@H]1Br. The fourth-order valence-electron chi connectivity index (χ4n) is 4.22. The highest BCUT2D eigenvalue weighted by Crippen LogP contribution is 2.42. The Balaban J connectivity index is 2.76. The van der Waals surface area contributed by atoms with Crippen LogP contribution in [0.5, 0.6) is 0 Å². The van der Waals surface area contributed by atoms with Crippen molar-refractivity contribution in [3.63, 3.8) is 0 Å². The van der Waals surface area contributed by atoms with Crippen molar-refractivity contribution in [3.05, 3.63) is 0 Å². The average molecular weight is 766 g/mol. The fourth-order valence-corrected chi connectivity index (χ4v) is 5.60. The fraction of sp³-hybridized carbons (Fsp3) is 0.783. The predicted octanol–water partition coefficient (Wildman–Crippen LogP) is 0.981. The monoisotopic (exact) mass is 764 g/mol. The number of halogens is 5. The molecular formula is C23H29BrClF3O16S. The van der Waals surface area contributed by atoms with Gasteiger partial charge in [0.15, 0.2) is 24.4 Å². The van der Waals surface area contributed by atoms with E-state index in [2.05, 4.69) is 20.1 Å². The van der Waals surface area contributed by atoms with Gasteiger partial charge in [0.25, 0.3) is 0 Å². The number of ether oxygens (including phenoxy) is 8. The van der Waals surface area contributed by atoms with E-state index < -0.39 is 118 Å². The van der Waals surface area contributed by atoms with Crippen molar-refractivity contribution in [2.75, 3.05) is 19.1 Å². The maximum Gasteiger partial charge on any atom is 0.523 e. The highest BCUT2D eigenvalue weighted by Gasteiger charge is 2.64. The molecule has 0 radical (unpaired) electrons. The van der Waals surface area contributed by atoms with E-state index in [1.54, 1.807) is 0 Å². The van der Waals surface area contributed by atoms with Crippen molar-refractivity contribution in [1.82, 2.24) is 0 Å². The Morgan fingerprint density at radius 1 is 0.822 bits per heavy atom. The molecule has 2 aliphatic rings.